The van der Waals surface area contributed by atoms with E-state index in [1.165, 1.54) is 6.07 Å². The van der Waals surface area contributed by atoms with Crippen molar-refractivity contribution < 1.29 is 14.8 Å². The van der Waals surface area contributed by atoms with Crippen LogP contribution in [0, 0.1) is 22.0 Å². The van der Waals surface area contributed by atoms with Gasteiger partial charge in [0.05, 0.1) is 10.8 Å². The van der Waals surface area contributed by atoms with Crippen molar-refractivity contribution in [2.24, 2.45) is 11.8 Å². The first kappa shape index (κ1) is 15.6. The van der Waals surface area contributed by atoms with E-state index < -0.39 is 16.8 Å². The zero-order valence-corrected chi connectivity index (χ0v) is 11.8. The number of carbonyl (C=O) groups is 1. The van der Waals surface area contributed by atoms with Gasteiger partial charge in [-0.05, 0) is 17.9 Å². The topological polar surface area (TPSA) is 92.5 Å². The van der Waals surface area contributed by atoms with E-state index in [0.717, 1.165) is 16.9 Å². The molecule has 0 aliphatic carbocycles. The number of carboxylic acids is 1. The molecule has 0 amide bonds. The molecule has 1 rings (SSSR count). The minimum Gasteiger partial charge on any atom is -0.481 e. The van der Waals surface area contributed by atoms with Gasteiger partial charge in [0.2, 0.25) is 0 Å². The van der Waals surface area contributed by atoms with Gasteiger partial charge in [0.1, 0.15) is 0 Å². The fourth-order valence-electron chi connectivity index (χ4n) is 1.78. The third-order valence-corrected chi connectivity index (χ3v) is 3.57. The number of aliphatic carboxylic acids is 1. The van der Waals surface area contributed by atoms with Crippen molar-refractivity contribution in [2.45, 2.75) is 26.8 Å². The quantitative estimate of drug-likeness (QED) is 0.565. The molecule has 6 nitrogen and oxygen atoms in total. The van der Waals surface area contributed by atoms with E-state index in [1.807, 2.05) is 13.8 Å². The molecular weight excluding hydrogens is 268 g/mol. The molecule has 0 spiro atoms. The number of nitrogens with zero attached hydrogens (tertiary/aromatic N) is 1. The molecule has 0 saturated carbocycles. The normalized spacial score (nSPS) is 12.6. The highest BCUT2D eigenvalue weighted by Gasteiger charge is 2.18. The second kappa shape index (κ2) is 7.20. The van der Waals surface area contributed by atoms with Crippen molar-refractivity contribution in [3.63, 3.8) is 0 Å². The van der Waals surface area contributed by atoms with E-state index in [4.69, 9.17) is 5.11 Å². The second-order valence-corrected chi connectivity index (χ2v) is 5.74. The Morgan fingerprint density at radius 2 is 2.26 bits per heavy atom. The Morgan fingerprint density at radius 1 is 1.58 bits per heavy atom. The molecule has 106 valence electrons. The summed E-state index contributed by atoms with van der Waals surface area (Å²) in [5, 5.41) is 24.5. The first-order valence-electron chi connectivity index (χ1n) is 6.05. The van der Waals surface area contributed by atoms with Crippen LogP contribution in [0.4, 0.5) is 5.00 Å². The molecule has 0 aliphatic heterocycles. The van der Waals surface area contributed by atoms with E-state index in [-0.39, 0.29) is 5.00 Å². The highest BCUT2D eigenvalue weighted by molar-refractivity contribution is 7.13. The first-order valence-corrected chi connectivity index (χ1v) is 6.93. The molecule has 1 aromatic rings. The van der Waals surface area contributed by atoms with Crippen molar-refractivity contribution in [3.8, 4) is 0 Å². The maximum Gasteiger partial charge on any atom is 0.324 e. The summed E-state index contributed by atoms with van der Waals surface area (Å²) in [5.74, 6) is -0.906. The lowest BCUT2D eigenvalue weighted by Gasteiger charge is -2.15. The van der Waals surface area contributed by atoms with Crippen LogP contribution in [0.25, 0.3) is 0 Å². The smallest absolute Gasteiger partial charge is 0.324 e. The third kappa shape index (κ3) is 5.35. The lowest BCUT2D eigenvalue weighted by atomic mass is 9.97. The predicted molar refractivity (Wildman–Crippen MR) is 73.3 cm³/mol. The Hall–Kier alpha value is -1.47. The Balaban J connectivity index is 2.42. The number of rotatable bonds is 8. The summed E-state index contributed by atoms with van der Waals surface area (Å²) in [5.41, 5.74) is 0.811. The Kier molecular flexibility index (Phi) is 5.91. The van der Waals surface area contributed by atoms with Gasteiger partial charge in [0.25, 0.3) is 0 Å². The van der Waals surface area contributed by atoms with E-state index in [2.05, 4.69) is 5.32 Å². The maximum absolute atomic E-state index is 11.0. The molecule has 2 N–H and O–H groups in total. The van der Waals surface area contributed by atoms with Crippen LogP contribution in [0.5, 0.6) is 0 Å². The van der Waals surface area contributed by atoms with Crippen LogP contribution in [0.2, 0.25) is 0 Å². The van der Waals surface area contributed by atoms with Gasteiger partial charge in [0, 0.05) is 24.5 Å². The Morgan fingerprint density at radius 3 is 2.74 bits per heavy atom. The van der Waals surface area contributed by atoms with Crippen LogP contribution in [0.15, 0.2) is 11.4 Å². The minimum absolute atomic E-state index is 0.105. The summed E-state index contributed by atoms with van der Waals surface area (Å²) in [6.45, 7) is 4.79. The first-order chi connectivity index (χ1) is 8.90. The van der Waals surface area contributed by atoms with Gasteiger partial charge in [-0.25, -0.2) is 0 Å². The lowest BCUT2D eigenvalue weighted by molar-refractivity contribution is -0.380. The van der Waals surface area contributed by atoms with Crippen molar-refractivity contribution in [1.82, 2.24) is 5.32 Å². The standard InChI is InChI=1S/C12H18N2O4S/c1-8(2)3-10(12(15)16)6-13-5-9-4-11(14(17)18)19-7-9/h4,7-8,10,13H,3,5-6H2,1-2H3,(H,15,16). The zero-order chi connectivity index (χ0) is 14.4. The molecule has 1 atom stereocenters. The monoisotopic (exact) mass is 286 g/mol. The van der Waals surface area contributed by atoms with Gasteiger partial charge in [-0.15, -0.1) is 0 Å². The van der Waals surface area contributed by atoms with Gasteiger partial charge in [-0.2, -0.15) is 0 Å². The molecule has 0 bridgehead atoms. The van der Waals surface area contributed by atoms with Crippen LogP contribution in [0.1, 0.15) is 25.8 Å². The van der Waals surface area contributed by atoms with Gasteiger partial charge < -0.3 is 10.4 Å². The van der Waals surface area contributed by atoms with Crippen LogP contribution >= 0.6 is 11.3 Å². The highest BCUT2D eigenvalue weighted by atomic mass is 32.1. The number of nitro groups is 1. The average molecular weight is 286 g/mol. The Labute approximate surface area is 115 Å². The third-order valence-electron chi connectivity index (χ3n) is 2.64. The summed E-state index contributed by atoms with van der Waals surface area (Å²) >= 11 is 1.08. The van der Waals surface area contributed by atoms with E-state index in [0.29, 0.717) is 25.4 Å². The molecule has 19 heavy (non-hydrogen) atoms. The molecule has 1 aromatic heterocycles. The van der Waals surface area contributed by atoms with Crippen LogP contribution in [0.3, 0.4) is 0 Å². The molecule has 7 heteroatoms. The molecule has 1 unspecified atom stereocenters. The molecule has 0 radical (unpaired) electrons. The van der Waals surface area contributed by atoms with Gasteiger partial charge in [-0.1, -0.05) is 25.2 Å². The number of carboxylic acid groups (broad SMARTS) is 1. The zero-order valence-electron chi connectivity index (χ0n) is 11.0. The predicted octanol–water partition coefficient (Wildman–Crippen LogP) is 2.49. The number of thiophene rings is 1. The van der Waals surface area contributed by atoms with Gasteiger partial charge in [-0.3, -0.25) is 14.9 Å². The molecule has 0 aromatic carbocycles. The summed E-state index contributed by atoms with van der Waals surface area (Å²) < 4.78 is 0. The second-order valence-electron chi connectivity index (χ2n) is 4.85. The number of hydrogen-bond donors (Lipinski definition) is 2. The van der Waals surface area contributed by atoms with Gasteiger partial charge in [0.15, 0.2) is 0 Å². The van der Waals surface area contributed by atoms with Crippen molar-refractivity contribution in [1.29, 1.82) is 0 Å². The highest BCUT2D eigenvalue weighted by Crippen LogP contribution is 2.22. The van der Waals surface area contributed by atoms with Gasteiger partial charge >= 0.3 is 11.0 Å². The Bertz CT molecular complexity index is 445. The molecule has 0 fully saturated rings. The molecule has 0 saturated heterocycles. The molecular formula is C12H18N2O4S. The maximum atomic E-state index is 11.0. The van der Waals surface area contributed by atoms with E-state index >= 15 is 0 Å². The van der Waals surface area contributed by atoms with Crippen LogP contribution in [-0.2, 0) is 11.3 Å². The summed E-state index contributed by atoms with van der Waals surface area (Å²) in [7, 11) is 0. The van der Waals surface area contributed by atoms with Crippen molar-refractivity contribution in [3.05, 3.63) is 27.1 Å². The SMILES string of the molecule is CC(C)CC(CNCc1csc([N+](=O)[O-])c1)C(=O)O. The average Bonchev–Trinajstić information content (AvgIpc) is 2.75. The van der Waals surface area contributed by atoms with Crippen molar-refractivity contribution in [2.75, 3.05) is 6.54 Å². The summed E-state index contributed by atoms with van der Waals surface area (Å²) in [4.78, 5) is 21.1. The van der Waals surface area contributed by atoms with E-state index in [9.17, 15) is 14.9 Å². The van der Waals surface area contributed by atoms with Crippen LogP contribution < -0.4 is 5.32 Å². The fourth-order valence-corrected chi connectivity index (χ4v) is 2.51. The minimum atomic E-state index is -0.808. The van der Waals surface area contributed by atoms with Crippen molar-refractivity contribution >= 4 is 22.3 Å². The largest absolute Gasteiger partial charge is 0.481 e. The molecule has 1 heterocycles. The number of hydrogen-bond acceptors (Lipinski definition) is 5. The fraction of sp³-hybridized carbons (Fsp3) is 0.583. The lowest BCUT2D eigenvalue weighted by Crippen LogP contribution is -2.29. The van der Waals surface area contributed by atoms with E-state index in [1.54, 1.807) is 5.38 Å². The summed E-state index contributed by atoms with van der Waals surface area (Å²) in [6.07, 6.45) is 0.617. The number of nitrogens with one attached hydrogen (secondary N) is 1. The molecule has 0 aliphatic rings. The summed E-state index contributed by atoms with van der Waals surface area (Å²) in [6, 6.07) is 1.51. The van der Waals surface area contributed by atoms with Crippen LogP contribution in [-0.4, -0.2) is 22.5 Å².